The van der Waals surface area contributed by atoms with Crippen LogP contribution in [0.2, 0.25) is 0 Å². The van der Waals surface area contributed by atoms with Crippen LogP contribution in [0.3, 0.4) is 0 Å². The maximum absolute atomic E-state index is 12.6. The van der Waals surface area contributed by atoms with E-state index in [0.29, 0.717) is 12.4 Å². The molecule has 2 N–H and O–H groups in total. The molecule has 0 amide bonds. The second-order valence-electron chi connectivity index (χ2n) is 5.82. The van der Waals surface area contributed by atoms with Crippen molar-refractivity contribution >= 4 is 22.7 Å². The fourth-order valence-corrected chi connectivity index (χ4v) is 2.71. The van der Waals surface area contributed by atoms with E-state index in [2.05, 4.69) is 25.3 Å². The lowest BCUT2D eigenvalue weighted by molar-refractivity contribution is -0.137. The van der Waals surface area contributed by atoms with Gasteiger partial charge in [0.2, 0.25) is 0 Å². The van der Waals surface area contributed by atoms with E-state index in [-0.39, 0.29) is 11.7 Å². The first-order valence-corrected chi connectivity index (χ1v) is 7.73. The lowest BCUT2D eigenvalue weighted by Crippen LogP contribution is -2.06. The second-order valence-corrected chi connectivity index (χ2v) is 5.82. The molecule has 130 valence electrons. The van der Waals surface area contributed by atoms with Crippen molar-refractivity contribution in [3.8, 4) is 0 Å². The fraction of sp³-hybridized carbons (Fsp3) is 0.312. The third-order valence-corrected chi connectivity index (χ3v) is 4.05. The van der Waals surface area contributed by atoms with Crippen molar-refractivity contribution in [2.45, 2.75) is 18.5 Å². The molecule has 1 aliphatic heterocycles. The molecule has 0 aromatic carbocycles. The van der Waals surface area contributed by atoms with Crippen LogP contribution < -0.4 is 5.32 Å². The molecule has 3 aromatic heterocycles. The van der Waals surface area contributed by atoms with Crippen LogP contribution in [0.25, 0.3) is 11.0 Å². The summed E-state index contributed by atoms with van der Waals surface area (Å²) >= 11 is 0. The minimum Gasteiger partial charge on any atom is -0.381 e. The number of hydrogen-bond acceptors (Lipinski definition) is 5. The van der Waals surface area contributed by atoms with E-state index in [9.17, 15) is 13.2 Å². The second kappa shape index (κ2) is 5.99. The van der Waals surface area contributed by atoms with Gasteiger partial charge in [-0.15, -0.1) is 0 Å². The van der Waals surface area contributed by atoms with Crippen LogP contribution in [0.1, 0.15) is 23.7 Å². The van der Waals surface area contributed by atoms with Gasteiger partial charge in [0, 0.05) is 24.8 Å². The van der Waals surface area contributed by atoms with Crippen molar-refractivity contribution < 1.29 is 17.9 Å². The van der Waals surface area contributed by atoms with Crippen LogP contribution >= 0.6 is 0 Å². The molecule has 9 heteroatoms. The summed E-state index contributed by atoms with van der Waals surface area (Å²) in [6.07, 6.45) is -1.06. The molecule has 1 aliphatic rings. The number of nitrogens with zero attached hydrogens (tertiary/aromatic N) is 3. The van der Waals surface area contributed by atoms with Gasteiger partial charge in [0.15, 0.2) is 0 Å². The quantitative estimate of drug-likeness (QED) is 0.755. The highest BCUT2D eigenvalue weighted by Gasteiger charge is 2.30. The maximum Gasteiger partial charge on any atom is 0.417 e. The maximum atomic E-state index is 12.6. The van der Waals surface area contributed by atoms with E-state index < -0.39 is 11.7 Å². The first kappa shape index (κ1) is 15.8. The van der Waals surface area contributed by atoms with Crippen molar-refractivity contribution in [2.75, 3.05) is 18.5 Å². The molecule has 0 spiro atoms. The van der Waals surface area contributed by atoms with E-state index in [4.69, 9.17) is 4.74 Å². The van der Waals surface area contributed by atoms with Gasteiger partial charge in [-0.3, -0.25) is 0 Å². The predicted molar refractivity (Wildman–Crippen MR) is 84.6 cm³/mol. The van der Waals surface area contributed by atoms with Crippen LogP contribution in [0.4, 0.5) is 24.8 Å². The topological polar surface area (TPSA) is 75.7 Å². The van der Waals surface area contributed by atoms with E-state index in [1.165, 1.54) is 6.07 Å². The number of fused-ring (bicyclic) bond motifs is 1. The van der Waals surface area contributed by atoms with Crippen LogP contribution in [0.15, 0.2) is 30.6 Å². The number of hydrogen-bond donors (Lipinski definition) is 2. The molecular weight excluding hydrogens is 335 g/mol. The highest BCUT2D eigenvalue weighted by atomic mass is 19.4. The van der Waals surface area contributed by atoms with E-state index in [1.54, 1.807) is 12.3 Å². The normalized spacial score (nSPS) is 18.0. The lowest BCUT2D eigenvalue weighted by atomic mass is 10.1. The highest BCUT2D eigenvalue weighted by Crippen LogP contribution is 2.29. The minimum atomic E-state index is -4.40. The Balaban J connectivity index is 1.55. The van der Waals surface area contributed by atoms with Crippen molar-refractivity contribution in [2.24, 2.45) is 0 Å². The molecule has 0 saturated carbocycles. The summed E-state index contributed by atoms with van der Waals surface area (Å²) in [7, 11) is 0. The summed E-state index contributed by atoms with van der Waals surface area (Å²) in [6, 6.07) is 3.96. The van der Waals surface area contributed by atoms with Crippen LogP contribution in [-0.2, 0) is 10.9 Å². The first-order chi connectivity index (χ1) is 12.0. The summed E-state index contributed by atoms with van der Waals surface area (Å²) in [5.74, 6) is 1.85. The molecule has 6 nitrogen and oxygen atoms in total. The van der Waals surface area contributed by atoms with Gasteiger partial charge >= 0.3 is 6.18 Å². The number of nitrogens with one attached hydrogen (secondary N) is 2. The monoisotopic (exact) mass is 349 g/mol. The zero-order chi connectivity index (χ0) is 17.4. The summed E-state index contributed by atoms with van der Waals surface area (Å²) in [4.78, 5) is 15.8. The van der Waals surface area contributed by atoms with Crippen LogP contribution in [0, 0.1) is 0 Å². The number of imidazole rings is 1. The number of halogens is 3. The number of pyridine rings is 2. The van der Waals surface area contributed by atoms with Crippen LogP contribution in [-0.4, -0.2) is 33.1 Å². The Kier molecular flexibility index (Phi) is 3.79. The Morgan fingerprint density at radius 1 is 1.16 bits per heavy atom. The van der Waals surface area contributed by atoms with Crippen molar-refractivity contribution in [1.29, 1.82) is 0 Å². The Morgan fingerprint density at radius 2 is 2.00 bits per heavy atom. The average molecular weight is 349 g/mol. The van der Waals surface area contributed by atoms with E-state index in [0.717, 1.165) is 42.1 Å². The highest BCUT2D eigenvalue weighted by molar-refractivity contribution is 5.78. The Labute approximate surface area is 140 Å². The number of aromatic nitrogens is 4. The summed E-state index contributed by atoms with van der Waals surface area (Å²) in [5.41, 5.74) is 0.733. The molecule has 1 saturated heterocycles. The van der Waals surface area contributed by atoms with Crippen LogP contribution in [0.5, 0.6) is 0 Å². The molecule has 1 unspecified atom stereocenters. The average Bonchev–Trinajstić information content (AvgIpc) is 3.23. The van der Waals surface area contributed by atoms with Gasteiger partial charge in [-0.05, 0) is 18.6 Å². The standard InChI is InChI=1S/C16H14F3N5O/c17-16(18,19)10-1-2-13(20-6-10)24-14-5-11-12(7-21-14)23-15(22-11)9-3-4-25-8-9/h1-2,5-7,9H,3-4,8H2,(H,22,23)(H,20,21,24). The molecule has 1 fully saturated rings. The van der Waals surface area contributed by atoms with Crippen molar-refractivity contribution in [3.63, 3.8) is 0 Å². The molecular formula is C16H14F3N5O. The SMILES string of the molecule is FC(F)(F)c1ccc(Nc2cc3nc(C4CCOC4)[nH]c3cn2)nc1. The van der Waals surface area contributed by atoms with E-state index in [1.807, 2.05) is 0 Å². The predicted octanol–water partition coefficient (Wildman–Crippen LogP) is 3.62. The van der Waals surface area contributed by atoms with Gasteiger partial charge in [0.05, 0.1) is 29.4 Å². The van der Waals surface area contributed by atoms with E-state index >= 15 is 0 Å². The molecule has 0 radical (unpaired) electrons. The van der Waals surface area contributed by atoms with Gasteiger partial charge in [-0.1, -0.05) is 0 Å². The number of ether oxygens (including phenoxy) is 1. The first-order valence-electron chi connectivity index (χ1n) is 7.73. The van der Waals surface area contributed by atoms with Gasteiger partial charge in [0.1, 0.15) is 17.5 Å². The van der Waals surface area contributed by atoms with Gasteiger partial charge in [-0.25, -0.2) is 15.0 Å². The Morgan fingerprint density at radius 3 is 2.68 bits per heavy atom. The van der Waals surface area contributed by atoms with Gasteiger partial charge in [-0.2, -0.15) is 13.2 Å². The number of anilines is 2. The summed E-state index contributed by atoms with van der Waals surface area (Å²) < 4.78 is 43.0. The van der Waals surface area contributed by atoms with Crippen molar-refractivity contribution in [1.82, 2.24) is 19.9 Å². The zero-order valence-electron chi connectivity index (χ0n) is 13.0. The molecule has 4 heterocycles. The lowest BCUT2D eigenvalue weighted by Gasteiger charge is -2.08. The number of H-pyrrole nitrogens is 1. The molecule has 1 atom stereocenters. The smallest absolute Gasteiger partial charge is 0.381 e. The third-order valence-electron chi connectivity index (χ3n) is 4.05. The summed E-state index contributed by atoms with van der Waals surface area (Å²) in [6.45, 7) is 1.38. The molecule has 0 bridgehead atoms. The van der Waals surface area contributed by atoms with Crippen molar-refractivity contribution in [3.05, 3.63) is 42.0 Å². The number of rotatable bonds is 3. The third kappa shape index (κ3) is 3.27. The zero-order valence-corrected chi connectivity index (χ0v) is 13.0. The molecule has 4 rings (SSSR count). The van der Waals surface area contributed by atoms with Gasteiger partial charge < -0.3 is 15.0 Å². The molecule has 0 aliphatic carbocycles. The minimum absolute atomic E-state index is 0.250. The fourth-order valence-electron chi connectivity index (χ4n) is 2.71. The van der Waals surface area contributed by atoms with Gasteiger partial charge in [0.25, 0.3) is 0 Å². The molecule has 25 heavy (non-hydrogen) atoms. The number of alkyl halides is 3. The Hall–Kier alpha value is -2.68. The Bertz CT molecular complexity index is 885. The largest absolute Gasteiger partial charge is 0.417 e. The number of aromatic amines is 1. The molecule has 3 aromatic rings. The summed E-state index contributed by atoms with van der Waals surface area (Å²) in [5, 5.41) is 2.89.